The van der Waals surface area contributed by atoms with E-state index in [1.165, 1.54) is 54.6 Å². The van der Waals surface area contributed by atoms with Crippen molar-refractivity contribution >= 4 is 56.7 Å². The molecule has 3 rings (SSSR count). The number of urea groups is 2. The van der Waals surface area contributed by atoms with Crippen molar-refractivity contribution in [3.63, 3.8) is 0 Å². The Bertz CT molecular complexity index is 1170. The van der Waals surface area contributed by atoms with E-state index in [4.69, 9.17) is 23.2 Å². The number of para-hydroxylation sites is 1. The highest BCUT2D eigenvalue weighted by molar-refractivity contribution is 7.93. The SMILES string of the molecule is O=C(NC(=O)N(c1ccc(Cl)cc1)S(=O)(=O)c1ccccc1)Nc1ccccc1Cl. The Kier molecular flexibility index (Phi) is 6.61. The van der Waals surface area contributed by atoms with Gasteiger partial charge in [0.05, 0.1) is 21.3 Å². The number of hydrogen-bond donors (Lipinski definition) is 2. The van der Waals surface area contributed by atoms with Crippen LogP contribution in [0, 0.1) is 0 Å². The van der Waals surface area contributed by atoms with E-state index in [1.807, 2.05) is 5.32 Å². The van der Waals surface area contributed by atoms with Gasteiger partial charge < -0.3 is 5.32 Å². The van der Waals surface area contributed by atoms with Crippen LogP contribution in [0.5, 0.6) is 0 Å². The lowest BCUT2D eigenvalue weighted by atomic mass is 10.3. The average Bonchev–Trinajstić information content (AvgIpc) is 2.72. The Hall–Kier alpha value is -3.07. The molecular weight excluding hydrogens is 449 g/mol. The first-order chi connectivity index (χ1) is 14.3. The number of imide groups is 1. The highest BCUT2D eigenvalue weighted by atomic mass is 35.5. The topological polar surface area (TPSA) is 95.6 Å². The van der Waals surface area contributed by atoms with Gasteiger partial charge in [-0.25, -0.2) is 18.0 Å². The molecule has 0 aromatic heterocycles. The number of sulfonamides is 1. The van der Waals surface area contributed by atoms with E-state index in [2.05, 4.69) is 5.32 Å². The Morgan fingerprint density at radius 1 is 0.800 bits per heavy atom. The van der Waals surface area contributed by atoms with Crippen LogP contribution < -0.4 is 14.9 Å². The molecular formula is C20H15Cl2N3O4S. The summed E-state index contributed by atoms with van der Waals surface area (Å²) in [4.78, 5) is 25.0. The predicted molar refractivity (Wildman–Crippen MR) is 117 cm³/mol. The Morgan fingerprint density at radius 2 is 1.40 bits per heavy atom. The normalized spacial score (nSPS) is 10.9. The van der Waals surface area contributed by atoms with Gasteiger partial charge in [0.1, 0.15) is 0 Å². The maximum absolute atomic E-state index is 13.1. The summed E-state index contributed by atoms with van der Waals surface area (Å²) in [5.41, 5.74) is 0.264. The molecule has 4 amide bonds. The molecule has 0 fully saturated rings. The van der Waals surface area contributed by atoms with Crippen LogP contribution in [0.1, 0.15) is 0 Å². The molecule has 3 aromatic carbocycles. The number of nitrogens with one attached hydrogen (secondary N) is 2. The molecule has 154 valence electrons. The van der Waals surface area contributed by atoms with Crippen molar-refractivity contribution in [3.05, 3.63) is 88.9 Å². The molecule has 0 aliphatic rings. The van der Waals surface area contributed by atoms with E-state index < -0.39 is 22.1 Å². The first kappa shape index (κ1) is 21.6. The van der Waals surface area contributed by atoms with Crippen LogP contribution in [0.4, 0.5) is 21.0 Å². The summed E-state index contributed by atoms with van der Waals surface area (Å²) >= 11 is 11.9. The molecule has 0 heterocycles. The van der Waals surface area contributed by atoms with Crippen molar-refractivity contribution in [2.24, 2.45) is 0 Å². The highest BCUT2D eigenvalue weighted by Gasteiger charge is 2.32. The minimum Gasteiger partial charge on any atom is -0.306 e. The number of halogens is 2. The van der Waals surface area contributed by atoms with Crippen LogP contribution in [0.15, 0.2) is 83.8 Å². The summed E-state index contributed by atoms with van der Waals surface area (Å²) in [5, 5.41) is 5.02. The van der Waals surface area contributed by atoms with Crippen molar-refractivity contribution in [2.75, 3.05) is 9.62 Å². The monoisotopic (exact) mass is 463 g/mol. The Labute approximate surface area is 183 Å². The number of hydrogen-bond acceptors (Lipinski definition) is 4. The second-order valence-corrected chi connectivity index (χ2v) is 8.55. The van der Waals surface area contributed by atoms with Crippen LogP contribution in [0.3, 0.4) is 0 Å². The molecule has 0 radical (unpaired) electrons. The highest BCUT2D eigenvalue weighted by Crippen LogP contribution is 2.25. The first-order valence-corrected chi connectivity index (χ1v) is 10.7. The standard InChI is InChI=1S/C20H15Cl2N3O4S/c21-14-10-12-15(13-11-14)25(30(28,29)16-6-2-1-3-7-16)20(27)24-19(26)23-18-9-5-4-8-17(18)22/h1-13H,(H2,23,24,26,27). The van der Waals surface area contributed by atoms with Gasteiger partial charge in [-0.2, -0.15) is 4.31 Å². The summed E-state index contributed by atoms with van der Waals surface area (Å²) < 4.78 is 26.8. The summed E-state index contributed by atoms with van der Waals surface area (Å²) in [6.07, 6.45) is 0. The van der Waals surface area contributed by atoms with Crippen molar-refractivity contribution in [3.8, 4) is 0 Å². The Morgan fingerprint density at radius 3 is 2.03 bits per heavy atom. The lowest BCUT2D eigenvalue weighted by Gasteiger charge is -2.22. The first-order valence-electron chi connectivity index (χ1n) is 8.51. The second kappa shape index (κ2) is 9.17. The van der Waals surface area contributed by atoms with Crippen molar-refractivity contribution in [1.29, 1.82) is 0 Å². The molecule has 10 heteroatoms. The van der Waals surface area contributed by atoms with Crippen molar-refractivity contribution in [2.45, 2.75) is 4.90 Å². The zero-order chi connectivity index (χ0) is 21.7. The lowest BCUT2D eigenvalue weighted by molar-refractivity contribution is 0.238. The van der Waals surface area contributed by atoms with Gasteiger partial charge >= 0.3 is 12.1 Å². The van der Waals surface area contributed by atoms with Crippen molar-refractivity contribution < 1.29 is 18.0 Å². The van der Waals surface area contributed by atoms with E-state index in [-0.39, 0.29) is 21.3 Å². The van der Waals surface area contributed by atoms with Gasteiger partial charge in [0.2, 0.25) is 0 Å². The Balaban J connectivity index is 1.92. The van der Waals surface area contributed by atoms with E-state index in [0.29, 0.717) is 9.33 Å². The minimum atomic E-state index is -4.32. The minimum absolute atomic E-state index is 0.00583. The number of amides is 4. The van der Waals surface area contributed by atoms with Gasteiger partial charge in [-0.05, 0) is 48.5 Å². The molecule has 3 aromatic rings. The van der Waals surface area contributed by atoms with Gasteiger partial charge in [-0.15, -0.1) is 0 Å². The maximum Gasteiger partial charge on any atom is 0.344 e. The zero-order valence-corrected chi connectivity index (χ0v) is 17.6. The molecule has 0 saturated heterocycles. The van der Waals surface area contributed by atoms with Gasteiger partial charge in [-0.3, -0.25) is 5.32 Å². The van der Waals surface area contributed by atoms with Crippen LogP contribution in [-0.4, -0.2) is 20.5 Å². The molecule has 0 aliphatic carbocycles. The number of carbonyl (C=O) groups is 2. The van der Waals surface area contributed by atoms with Crippen LogP contribution in [-0.2, 0) is 10.0 Å². The number of carbonyl (C=O) groups excluding carboxylic acids is 2. The maximum atomic E-state index is 13.1. The van der Waals surface area contributed by atoms with Gasteiger partial charge in [0.15, 0.2) is 0 Å². The molecule has 0 saturated carbocycles. The molecule has 2 N–H and O–H groups in total. The fourth-order valence-electron chi connectivity index (χ4n) is 2.50. The fourth-order valence-corrected chi connectivity index (χ4v) is 4.19. The molecule has 0 atom stereocenters. The fraction of sp³-hybridized carbons (Fsp3) is 0. The van der Waals surface area contributed by atoms with Crippen LogP contribution in [0.2, 0.25) is 10.0 Å². The summed E-state index contributed by atoms with van der Waals surface area (Å²) in [6, 6.07) is 17.2. The predicted octanol–water partition coefficient (Wildman–Crippen LogP) is 5.13. The van der Waals surface area contributed by atoms with Gasteiger partial charge in [0, 0.05) is 5.02 Å². The molecule has 0 bridgehead atoms. The quantitative estimate of drug-likeness (QED) is 0.560. The number of nitrogens with zero attached hydrogens (tertiary/aromatic N) is 1. The van der Waals surface area contributed by atoms with E-state index in [9.17, 15) is 18.0 Å². The largest absolute Gasteiger partial charge is 0.344 e. The number of rotatable bonds is 4. The van der Waals surface area contributed by atoms with E-state index in [0.717, 1.165) is 0 Å². The number of benzene rings is 3. The lowest BCUT2D eigenvalue weighted by Crippen LogP contribution is -2.47. The van der Waals surface area contributed by atoms with Crippen molar-refractivity contribution in [1.82, 2.24) is 5.32 Å². The van der Waals surface area contributed by atoms with E-state index in [1.54, 1.807) is 24.3 Å². The molecule has 7 nitrogen and oxygen atoms in total. The van der Waals surface area contributed by atoms with Crippen LogP contribution >= 0.6 is 23.2 Å². The number of anilines is 2. The van der Waals surface area contributed by atoms with E-state index >= 15 is 0 Å². The second-order valence-electron chi connectivity index (χ2n) is 5.92. The summed E-state index contributed by atoms with van der Waals surface area (Å²) in [6.45, 7) is 0. The van der Waals surface area contributed by atoms with Gasteiger partial charge in [-0.1, -0.05) is 53.5 Å². The molecule has 0 aliphatic heterocycles. The third-order valence-electron chi connectivity index (χ3n) is 3.87. The average molecular weight is 464 g/mol. The third kappa shape index (κ3) is 4.91. The third-order valence-corrected chi connectivity index (χ3v) is 6.18. The zero-order valence-electron chi connectivity index (χ0n) is 15.2. The molecule has 0 unspecified atom stereocenters. The van der Waals surface area contributed by atoms with Crippen LogP contribution in [0.25, 0.3) is 0 Å². The smallest absolute Gasteiger partial charge is 0.306 e. The summed E-state index contributed by atoms with van der Waals surface area (Å²) in [7, 11) is -4.32. The van der Waals surface area contributed by atoms with Gasteiger partial charge in [0.25, 0.3) is 10.0 Å². The molecule has 30 heavy (non-hydrogen) atoms. The molecule has 0 spiro atoms. The summed E-state index contributed by atoms with van der Waals surface area (Å²) in [5.74, 6) is 0.